The highest BCUT2D eigenvalue weighted by Gasteiger charge is 2.16. The van der Waals surface area contributed by atoms with E-state index in [2.05, 4.69) is 30.7 Å². The molecular formula is C11H26N2. The van der Waals surface area contributed by atoms with Crippen LogP contribution in [0.15, 0.2) is 0 Å². The Morgan fingerprint density at radius 3 is 1.92 bits per heavy atom. The van der Waals surface area contributed by atoms with E-state index < -0.39 is 0 Å². The zero-order chi connectivity index (χ0) is 10.3. The molecule has 0 bridgehead atoms. The Labute approximate surface area is 83.9 Å². The normalized spacial score (nSPS) is 21.9. The summed E-state index contributed by atoms with van der Waals surface area (Å²) in [5.41, 5.74) is 0. The van der Waals surface area contributed by atoms with Crippen molar-refractivity contribution in [1.29, 1.82) is 0 Å². The molecule has 2 heteroatoms. The average molecular weight is 186 g/mol. The van der Waals surface area contributed by atoms with Crippen LogP contribution in [-0.4, -0.2) is 49.1 Å². The van der Waals surface area contributed by atoms with Crippen molar-refractivity contribution in [2.75, 3.05) is 33.2 Å². The van der Waals surface area contributed by atoms with Crippen LogP contribution in [0.3, 0.4) is 0 Å². The molecule has 80 valence electrons. The summed E-state index contributed by atoms with van der Waals surface area (Å²) < 4.78 is 0. The van der Waals surface area contributed by atoms with E-state index in [4.69, 9.17) is 0 Å². The molecule has 13 heavy (non-hydrogen) atoms. The van der Waals surface area contributed by atoms with Gasteiger partial charge >= 0.3 is 0 Å². The van der Waals surface area contributed by atoms with Crippen molar-refractivity contribution in [2.45, 2.75) is 40.2 Å². The molecule has 0 spiro atoms. The average Bonchev–Trinajstić information content (AvgIpc) is 2.21. The first-order chi connectivity index (χ1) is 6.24. The standard InChI is InChI=1S/C9H20N2.C2H6/c1-4-9(2)11-7-5-10(3)6-8-11;1-2/h9H,4-8H2,1-3H3;1-2H3. The minimum absolute atomic E-state index is 0.781. The smallest absolute Gasteiger partial charge is 0.0113 e. The maximum absolute atomic E-state index is 2.58. The molecule has 0 aromatic carbocycles. The molecule has 1 rings (SSSR count). The summed E-state index contributed by atoms with van der Waals surface area (Å²) in [4.78, 5) is 4.98. The molecule has 1 atom stereocenters. The molecule has 0 N–H and O–H groups in total. The molecule has 1 saturated heterocycles. The molecule has 0 amide bonds. The van der Waals surface area contributed by atoms with Gasteiger partial charge in [0.25, 0.3) is 0 Å². The molecule has 0 aromatic rings. The number of nitrogens with zero attached hydrogens (tertiary/aromatic N) is 2. The van der Waals surface area contributed by atoms with E-state index in [0.717, 1.165) is 6.04 Å². The van der Waals surface area contributed by atoms with Crippen molar-refractivity contribution >= 4 is 0 Å². The fourth-order valence-corrected chi connectivity index (χ4v) is 1.52. The number of likely N-dealkylation sites (N-methyl/N-ethyl adjacent to an activating group) is 1. The largest absolute Gasteiger partial charge is 0.304 e. The fourth-order valence-electron chi connectivity index (χ4n) is 1.52. The van der Waals surface area contributed by atoms with Gasteiger partial charge in [-0.05, 0) is 20.4 Å². The summed E-state index contributed by atoms with van der Waals surface area (Å²) in [5.74, 6) is 0. The highest BCUT2D eigenvalue weighted by molar-refractivity contribution is 4.73. The molecule has 0 aliphatic carbocycles. The minimum atomic E-state index is 0.781. The molecule has 0 radical (unpaired) electrons. The van der Waals surface area contributed by atoms with Gasteiger partial charge in [-0.3, -0.25) is 4.90 Å². The predicted molar refractivity (Wildman–Crippen MR) is 60.2 cm³/mol. The molecule has 1 aliphatic heterocycles. The van der Waals surface area contributed by atoms with Gasteiger partial charge in [0, 0.05) is 32.2 Å². The van der Waals surface area contributed by atoms with Crippen LogP contribution in [0.2, 0.25) is 0 Å². The Hall–Kier alpha value is -0.0800. The van der Waals surface area contributed by atoms with Crippen molar-refractivity contribution in [3.05, 3.63) is 0 Å². The molecule has 1 unspecified atom stereocenters. The second-order valence-electron chi connectivity index (χ2n) is 3.60. The monoisotopic (exact) mass is 186 g/mol. The second kappa shape index (κ2) is 7.34. The molecule has 1 fully saturated rings. The van der Waals surface area contributed by atoms with E-state index in [0.29, 0.717) is 0 Å². The van der Waals surface area contributed by atoms with Gasteiger partial charge in [0.05, 0.1) is 0 Å². The SMILES string of the molecule is CC.CCC(C)N1CCN(C)CC1. The molecule has 1 heterocycles. The molecule has 2 nitrogen and oxygen atoms in total. The lowest BCUT2D eigenvalue weighted by Crippen LogP contribution is -2.47. The number of piperazine rings is 1. The van der Waals surface area contributed by atoms with Gasteiger partial charge < -0.3 is 4.90 Å². The van der Waals surface area contributed by atoms with Crippen LogP contribution < -0.4 is 0 Å². The Morgan fingerprint density at radius 1 is 1.08 bits per heavy atom. The van der Waals surface area contributed by atoms with Crippen molar-refractivity contribution in [3.8, 4) is 0 Å². The zero-order valence-electron chi connectivity index (χ0n) is 10.0. The Morgan fingerprint density at radius 2 is 1.54 bits per heavy atom. The summed E-state index contributed by atoms with van der Waals surface area (Å²) in [7, 11) is 2.20. The zero-order valence-corrected chi connectivity index (χ0v) is 10.0. The van der Waals surface area contributed by atoms with Crippen molar-refractivity contribution < 1.29 is 0 Å². The highest BCUT2D eigenvalue weighted by atomic mass is 15.3. The van der Waals surface area contributed by atoms with Crippen LogP contribution in [-0.2, 0) is 0 Å². The summed E-state index contributed by atoms with van der Waals surface area (Å²) in [6.45, 7) is 13.6. The quantitative estimate of drug-likeness (QED) is 0.651. The van der Waals surface area contributed by atoms with Gasteiger partial charge in [0.1, 0.15) is 0 Å². The summed E-state index contributed by atoms with van der Waals surface area (Å²) >= 11 is 0. The van der Waals surface area contributed by atoms with E-state index in [-0.39, 0.29) is 0 Å². The van der Waals surface area contributed by atoms with E-state index in [1.807, 2.05) is 13.8 Å². The second-order valence-corrected chi connectivity index (χ2v) is 3.60. The first-order valence-electron chi connectivity index (χ1n) is 5.66. The summed E-state index contributed by atoms with van der Waals surface area (Å²) in [6.07, 6.45) is 1.28. The Bertz CT molecular complexity index is 107. The Balaban J connectivity index is 0.000000671. The fraction of sp³-hybridized carbons (Fsp3) is 1.00. The third-order valence-electron chi connectivity index (χ3n) is 2.75. The van der Waals surface area contributed by atoms with Crippen LogP contribution >= 0.6 is 0 Å². The molecule has 0 saturated carbocycles. The van der Waals surface area contributed by atoms with E-state index in [1.165, 1.54) is 32.6 Å². The first kappa shape index (κ1) is 12.9. The van der Waals surface area contributed by atoms with Crippen LogP contribution in [0.1, 0.15) is 34.1 Å². The lowest BCUT2D eigenvalue weighted by molar-refractivity contribution is 0.117. The van der Waals surface area contributed by atoms with Crippen LogP contribution in [0.25, 0.3) is 0 Å². The van der Waals surface area contributed by atoms with Gasteiger partial charge in [0.15, 0.2) is 0 Å². The first-order valence-corrected chi connectivity index (χ1v) is 5.66. The highest BCUT2D eigenvalue weighted by Crippen LogP contribution is 2.06. The minimum Gasteiger partial charge on any atom is -0.304 e. The maximum Gasteiger partial charge on any atom is 0.0113 e. The third kappa shape index (κ3) is 4.63. The number of rotatable bonds is 2. The van der Waals surface area contributed by atoms with Gasteiger partial charge in [-0.2, -0.15) is 0 Å². The van der Waals surface area contributed by atoms with E-state index >= 15 is 0 Å². The topological polar surface area (TPSA) is 6.48 Å². The maximum atomic E-state index is 2.58. The van der Waals surface area contributed by atoms with Crippen molar-refractivity contribution in [3.63, 3.8) is 0 Å². The van der Waals surface area contributed by atoms with Gasteiger partial charge in [-0.1, -0.05) is 20.8 Å². The molecular weight excluding hydrogens is 160 g/mol. The summed E-state index contributed by atoms with van der Waals surface area (Å²) in [5, 5.41) is 0. The van der Waals surface area contributed by atoms with E-state index in [1.54, 1.807) is 0 Å². The third-order valence-corrected chi connectivity index (χ3v) is 2.75. The van der Waals surface area contributed by atoms with Crippen molar-refractivity contribution in [1.82, 2.24) is 9.80 Å². The number of hydrogen-bond acceptors (Lipinski definition) is 2. The van der Waals surface area contributed by atoms with Crippen LogP contribution in [0.4, 0.5) is 0 Å². The lowest BCUT2D eigenvalue weighted by Gasteiger charge is -2.36. The summed E-state index contributed by atoms with van der Waals surface area (Å²) in [6, 6.07) is 0.781. The molecule has 0 aromatic heterocycles. The van der Waals surface area contributed by atoms with Gasteiger partial charge in [-0.25, -0.2) is 0 Å². The van der Waals surface area contributed by atoms with Crippen molar-refractivity contribution in [2.24, 2.45) is 0 Å². The lowest BCUT2D eigenvalue weighted by atomic mass is 10.2. The van der Waals surface area contributed by atoms with E-state index in [9.17, 15) is 0 Å². The number of hydrogen-bond donors (Lipinski definition) is 0. The Kier molecular flexibility index (Phi) is 7.29. The van der Waals surface area contributed by atoms with Crippen LogP contribution in [0, 0.1) is 0 Å². The van der Waals surface area contributed by atoms with Gasteiger partial charge in [0.2, 0.25) is 0 Å². The molecule has 1 aliphatic rings. The van der Waals surface area contributed by atoms with Gasteiger partial charge in [-0.15, -0.1) is 0 Å². The predicted octanol–water partition coefficient (Wildman–Crippen LogP) is 2.06. The van der Waals surface area contributed by atoms with Crippen LogP contribution in [0.5, 0.6) is 0 Å².